The summed E-state index contributed by atoms with van der Waals surface area (Å²) >= 11 is 6.83. The van der Waals surface area contributed by atoms with Crippen LogP contribution in [0.1, 0.15) is 5.56 Å². The summed E-state index contributed by atoms with van der Waals surface area (Å²) in [4.78, 5) is 4.35. The minimum Gasteiger partial charge on any atom is -0.256 e. The summed E-state index contributed by atoms with van der Waals surface area (Å²) in [6.07, 6.45) is 1.89. The van der Waals surface area contributed by atoms with Gasteiger partial charge < -0.3 is 0 Å². The number of alkyl halides is 1. The fourth-order valence-electron chi connectivity index (χ4n) is 1.21. The maximum atomic E-state index is 4.35. The Morgan fingerprint density at radius 2 is 2.08 bits per heavy atom. The zero-order valence-electron chi connectivity index (χ0n) is 6.80. The molecule has 0 aliphatic carbocycles. The van der Waals surface area contributed by atoms with Gasteiger partial charge in [-0.2, -0.15) is 0 Å². The first-order valence-electron chi connectivity index (χ1n) is 3.90. The molecule has 1 aromatic carbocycles. The van der Waals surface area contributed by atoms with Crippen LogP contribution < -0.4 is 0 Å². The van der Waals surface area contributed by atoms with Crippen LogP contribution >= 0.6 is 31.9 Å². The van der Waals surface area contributed by atoms with Gasteiger partial charge in [-0.25, -0.2) is 0 Å². The molecule has 0 fully saturated rings. The normalized spacial score (nSPS) is 10.6. The van der Waals surface area contributed by atoms with Gasteiger partial charge in [-0.3, -0.25) is 4.98 Å². The third kappa shape index (κ3) is 1.92. The lowest BCUT2D eigenvalue weighted by Crippen LogP contribution is -1.82. The molecule has 1 aromatic heterocycles. The number of hydrogen-bond acceptors (Lipinski definition) is 1. The van der Waals surface area contributed by atoms with Gasteiger partial charge in [0, 0.05) is 21.4 Å². The molecule has 2 rings (SSSR count). The quantitative estimate of drug-likeness (QED) is 0.728. The second-order valence-corrected chi connectivity index (χ2v) is 4.29. The zero-order valence-corrected chi connectivity index (χ0v) is 9.97. The van der Waals surface area contributed by atoms with Gasteiger partial charge in [0.25, 0.3) is 0 Å². The largest absolute Gasteiger partial charge is 0.256 e. The Bertz CT molecular complexity index is 440. The van der Waals surface area contributed by atoms with E-state index in [1.165, 1.54) is 10.9 Å². The van der Waals surface area contributed by atoms with Gasteiger partial charge in [0.2, 0.25) is 0 Å². The maximum Gasteiger partial charge on any atom is 0.0713 e. The van der Waals surface area contributed by atoms with Gasteiger partial charge >= 0.3 is 0 Å². The molecule has 1 nitrogen and oxygen atoms in total. The second-order valence-electron chi connectivity index (χ2n) is 2.81. The highest BCUT2D eigenvalue weighted by Gasteiger charge is 1.97. The Labute approximate surface area is 93.4 Å². The Morgan fingerprint density at radius 1 is 1.23 bits per heavy atom. The Morgan fingerprint density at radius 3 is 2.85 bits per heavy atom. The van der Waals surface area contributed by atoms with Gasteiger partial charge in [-0.05, 0) is 23.8 Å². The monoisotopic (exact) mass is 299 g/mol. The minimum atomic E-state index is 0.853. The van der Waals surface area contributed by atoms with Gasteiger partial charge in [-0.1, -0.05) is 37.9 Å². The van der Waals surface area contributed by atoms with Gasteiger partial charge in [0.05, 0.1) is 5.52 Å². The molecule has 0 saturated heterocycles. The van der Waals surface area contributed by atoms with Crippen LogP contribution in [0.15, 0.2) is 34.9 Å². The van der Waals surface area contributed by atoms with E-state index in [0.717, 1.165) is 15.3 Å². The van der Waals surface area contributed by atoms with Gasteiger partial charge in [0.1, 0.15) is 0 Å². The van der Waals surface area contributed by atoms with Crippen molar-refractivity contribution in [3.05, 3.63) is 40.5 Å². The SMILES string of the molecule is BrCc1cnc2cc(Br)ccc2c1. The van der Waals surface area contributed by atoms with Crippen LogP contribution in [0.25, 0.3) is 10.9 Å². The molecule has 0 N–H and O–H groups in total. The number of nitrogens with zero attached hydrogens (tertiary/aromatic N) is 1. The maximum absolute atomic E-state index is 4.35. The third-order valence-electron chi connectivity index (χ3n) is 1.86. The number of fused-ring (bicyclic) bond motifs is 1. The van der Waals surface area contributed by atoms with E-state index in [-0.39, 0.29) is 0 Å². The van der Waals surface area contributed by atoms with Crippen molar-refractivity contribution in [1.29, 1.82) is 0 Å². The summed E-state index contributed by atoms with van der Waals surface area (Å²) in [5.41, 5.74) is 2.23. The number of pyridine rings is 1. The molecule has 1 heterocycles. The van der Waals surface area contributed by atoms with Crippen LogP contribution in [0.2, 0.25) is 0 Å². The van der Waals surface area contributed by atoms with Crippen LogP contribution in [0.4, 0.5) is 0 Å². The van der Waals surface area contributed by atoms with Crippen LogP contribution in [0.3, 0.4) is 0 Å². The van der Waals surface area contributed by atoms with E-state index >= 15 is 0 Å². The fourth-order valence-corrected chi connectivity index (χ4v) is 1.87. The first-order chi connectivity index (χ1) is 6.29. The number of halogens is 2. The van der Waals surface area contributed by atoms with Gasteiger partial charge in [0.15, 0.2) is 0 Å². The summed E-state index contributed by atoms with van der Waals surface area (Å²) in [6.45, 7) is 0. The van der Waals surface area contributed by atoms with E-state index in [1.54, 1.807) is 0 Å². The highest BCUT2D eigenvalue weighted by molar-refractivity contribution is 9.10. The summed E-state index contributed by atoms with van der Waals surface area (Å²) in [5.74, 6) is 0. The average Bonchev–Trinajstić information content (AvgIpc) is 2.17. The van der Waals surface area contributed by atoms with Crippen LogP contribution in [0.5, 0.6) is 0 Å². The topological polar surface area (TPSA) is 12.9 Å². The van der Waals surface area contributed by atoms with Crippen molar-refractivity contribution in [2.75, 3.05) is 0 Å². The predicted octanol–water partition coefficient (Wildman–Crippen LogP) is 3.89. The summed E-state index contributed by atoms with van der Waals surface area (Å²) in [6, 6.07) is 8.26. The van der Waals surface area contributed by atoms with E-state index in [0.29, 0.717) is 0 Å². The molecule has 2 aromatic rings. The Balaban J connectivity index is 2.66. The van der Waals surface area contributed by atoms with Crippen LogP contribution in [0, 0.1) is 0 Å². The molecule has 3 heteroatoms. The standard InChI is InChI=1S/C10H7Br2N/c11-5-7-3-8-1-2-9(12)4-10(8)13-6-7/h1-4,6H,5H2. The molecule has 0 aliphatic rings. The molecule has 0 amide bonds. The highest BCUT2D eigenvalue weighted by Crippen LogP contribution is 2.19. The van der Waals surface area contributed by atoms with Crippen LogP contribution in [-0.4, -0.2) is 4.98 Å². The first-order valence-corrected chi connectivity index (χ1v) is 5.81. The molecule has 66 valence electrons. The first kappa shape index (κ1) is 9.16. The van der Waals surface area contributed by atoms with Crippen molar-refractivity contribution < 1.29 is 0 Å². The minimum absolute atomic E-state index is 0.853. The summed E-state index contributed by atoms with van der Waals surface area (Å²) < 4.78 is 1.07. The number of hydrogen-bond donors (Lipinski definition) is 0. The predicted molar refractivity (Wildman–Crippen MR) is 62.1 cm³/mol. The molecule has 0 radical (unpaired) electrons. The van der Waals surface area contributed by atoms with Crippen molar-refractivity contribution in [1.82, 2.24) is 4.98 Å². The lowest BCUT2D eigenvalue weighted by atomic mass is 10.2. The summed E-state index contributed by atoms with van der Waals surface area (Å²) in [5, 5.41) is 2.03. The number of benzene rings is 1. The highest BCUT2D eigenvalue weighted by atomic mass is 79.9. The summed E-state index contributed by atoms with van der Waals surface area (Å²) in [7, 11) is 0. The van der Waals surface area contributed by atoms with Crippen LogP contribution in [-0.2, 0) is 5.33 Å². The molecule has 13 heavy (non-hydrogen) atoms. The van der Waals surface area contributed by atoms with E-state index in [1.807, 2.05) is 18.3 Å². The average molecular weight is 301 g/mol. The van der Waals surface area contributed by atoms with E-state index in [9.17, 15) is 0 Å². The molecule has 0 aliphatic heterocycles. The molecular formula is C10H7Br2N. The van der Waals surface area contributed by atoms with Crippen molar-refractivity contribution in [2.24, 2.45) is 0 Å². The molecule has 0 atom stereocenters. The van der Waals surface area contributed by atoms with Crippen molar-refractivity contribution in [2.45, 2.75) is 5.33 Å². The Kier molecular flexibility index (Phi) is 2.65. The molecular weight excluding hydrogens is 294 g/mol. The van der Waals surface area contributed by atoms with Gasteiger partial charge in [-0.15, -0.1) is 0 Å². The molecule has 0 bridgehead atoms. The number of aromatic nitrogens is 1. The zero-order chi connectivity index (χ0) is 9.26. The van der Waals surface area contributed by atoms with Crippen molar-refractivity contribution in [3.63, 3.8) is 0 Å². The molecule has 0 unspecified atom stereocenters. The molecule has 0 saturated carbocycles. The van der Waals surface area contributed by atoms with Crippen molar-refractivity contribution >= 4 is 42.8 Å². The fraction of sp³-hybridized carbons (Fsp3) is 0.100. The third-order valence-corrected chi connectivity index (χ3v) is 3.00. The second kappa shape index (κ2) is 3.76. The van der Waals surface area contributed by atoms with E-state index in [4.69, 9.17) is 0 Å². The lowest BCUT2D eigenvalue weighted by Gasteiger charge is -1.99. The van der Waals surface area contributed by atoms with E-state index < -0.39 is 0 Å². The number of rotatable bonds is 1. The Hall–Kier alpha value is -0.410. The molecule has 0 spiro atoms. The van der Waals surface area contributed by atoms with E-state index in [2.05, 4.69) is 49.0 Å². The smallest absolute Gasteiger partial charge is 0.0713 e. The van der Waals surface area contributed by atoms with Crippen molar-refractivity contribution in [3.8, 4) is 0 Å². The lowest BCUT2D eigenvalue weighted by molar-refractivity contribution is 1.32.